The summed E-state index contributed by atoms with van der Waals surface area (Å²) >= 11 is 0. The van der Waals surface area contributed by atoms with E-state index in [1.54, 1.807) is 0 Å². The van der Waals surface area contributed by atoms with E-state index in [2.05, 4.69) is 48.5 Å². The van der Waals surface area contributed by atoms with Crippen LogP contribution in [0, 0.1) is 39.9 Å². The molecule has 0 heterocycles. The minimum atomic E-state index is -0.591. The minimum absolute atomic E-state index is 0.0489. The van der Waals surface area contributed by atoms with Gasteiger partial charge in [-0.05, 0) is 85.4 Å². The standard InChI is InChI=1S/C25H46O2/c1-8-17(2)10-11-20-24(6)16-18(26)21-22(3,4)13-9-14-23(21,5)19(24)12-15-25(20,7)27/h17-21,26-27H,8-16H2,1-7H3/t17?,18-,19+,20-,21-,23+,24+,25-/m0/s1. The average Bonchev–Trinajstić information content (AvgIpc) is 2.51. The highest BCUT2D eigenvalue weighted by molar-refractivity contribution is 5.15. The van der Waals surface area contributed by atoms with E-state index in [0.717, 1.165) is 31.6 Å². The van der Waals surface area contributed by atoms with Crippen LogP contribution in [0.3, 0.4) is 0 Å². The predicted molar refractivity (Wildman–Crippen MR) is 113 cm³/mol. The zero-order valence-corrected chi connectivity index (χ0v) is 19.1. The smallest absolute Gasteiger partial charge is 0.0653 e. The molecule has 0 saturated heterocycles. The van der Waals surface area contributed by atoms with E-state index in [9.17, 15) is 10.2 Å². The van der Waals surface area contributed by atoms with Gasteiger partial charge < -0.3 is 10.2 Å². The molecule has 3 saturated carbocycles. The average molecular weight is 379 g/mol. The van der Waals surface area contributed by atoms with Crippen LogP contribution in [0.4, 0.5) is 0 Å². The van der Waals surface area contributed by atoms with Crippen LogP contribution >= 0.6 is 0 Å². The van der Waals surface area contributed by atoms with Gasteiger partial charge in [0.25, 0.3) is 0 Å². The Bertz CT molecular complexity index is 538. The second kappa shape index (κ2) is 7.01. The summed E-state index contributed by atoms with van der Waals surface area (Å²) < 4.78 is 0. The van der Waals surface area contributed by atoms with Gasteiger partial charge >= 0.3 is 0 Å². The van der Waals surface area contributed by atoms with Gasteiger partial charge in [0.2, 0.25) is 0 Å². The molecule has 0 radical (unpaired) electrons. The van der Waals surface area contributed by atoms with Gasteiger partial charge in [0.15, 0.2) is 0 Å². The lowest BCUT2D eigenvalue weighted by atomic mass is 9.37. The van der Waals surface area contributed by atoms with Crippen LogP contribution in [0.1, 0.15) is 106 Å². The second-order valence-electron chi connectivity index (χ2n) is 12.2. The molecule has 1 unspecified atom stereocenters. The summed E-state index contributed by atoms with van der Waals surface area (Å²) in [6, 6.07) is 0. The molecule has 0 bridgehead atoms. The molecule has 3 aliphatic carbocycles. The molecular formula is C25H46O2. The van der Waals surface area contributed by atoms with Gasteiger partial charge in [0.1, 0.15) is 0 Å². The highest BCUT2D eigenvalue weighted by Crippen LogP contribution is 2.70. The molecule has 8 atom stereocenters. The van der Waals surface area contributed by atoms with Crippen molar-refractivity contribution >= 4 is 0 Å². The number of hydrogen-bond donors (Lipinski definition) is 2. The minimum Gasteiger partial charge on any atom is -0.393 e. The summed E-state index contributed by atoms with van der Waals surface area (Å²) in [6.07, 6.45) is 9.98. The van der Waals surface area contributed by atoms with Crippen molar-refractivity contribution in [2.75, 3.05) is 0 Å². The molecule has 158 valence electrons. The topological polar surface area (TPSA) is 40.5 Å². The Kier molecular flexibility index (Phi) is 5.61. The Balaban J connectivity index is 1.98. The van der Waals surface area contributed by atoms with E-state index < -0.39 is 5.60 Å². The first kappa shape index (κ1) is 21.6. The summed E-state index contributed by atoms with van der Waals surface area (Å²) in [4.78, 5) is 0. The first-order valence-corrected chi connectivity index (χ1v) is 11.8. The maximum absolute atomic E-state index is 11.4. The zero-order valence-electron chi connectivity index (χ0n) is 19.1. The largest absolute Gasteiger partial charge is 0.393 e. The maximum atomic E-state index is 11.4. The number of rotatable bonds is 4. The first-order chi connectivity index (χ1) is 12.4. The summed E-state index contributed by atoms with van der Waals surface area (Å²) in [5.41, 5.74) is -0.113. The van der Waals surface area contributed by atoms with Crippen molar-refractivity contribution < 1.29 is 10.2 Å². The van der Waals surface area contributed by atoms with E-state index >= 15 is 0 Å². The monoisotopic (exact) mass is 378 g/mol. The van der Waals surface area contributed by atoms with Crippen LogP contribution in [0.25, 0.3) is 0 Å². The van der Waals surface area contributed by atoms with Crippen molar-refractivity contribution in [2.45, 2.75) is 118 Å². The van der Waals surface area contributed by atoms with Crippen molar-refractivity contribution in [2.24, 2.45) is 39.9 Å². The van der Waals surface area contributed by atoms with E-state index in [1.807, 2.05) is 0 Å². The van der Waals surface area contributed by atoms with Gasteiger partial charge in [-0.3, -0.25) is 0 Å². The molecule has 0 aromatic carbocycles. The fraction of sp³-hybridized carbons (Fsp3) is 1.00. The van der Waals surface area contributed by atoms with E-state index in [-0.39, 0.29) is 22.3 Å². The molecule has 27 heavy (non-hydrogen) atoms. The molecule has 2 N–H and O–H groups in total. The number of aliphatic hydroxyl groups excluding tert-OH is 1. The fourth-order valence-electron chi connectivity index (χ4n) is 8.61. The third kappa shape index (κ3) is 3.41. The Morgan fingerprint density at radius 2 is 1.67 bits per heavy atom. The van der Waals surface area contributed by atoms with Crippen LogP contribution in [-0.2, 0) is 0 Å². The Morgan fingerprint density at radius 3 is 2.30 bits per heavy atom. The third-order valence-corrected chi connectivity index (χ3v) is 9.85. The molecule has 3 aliphatic rings. The van der Waals surface area contributed by atoms with Crippen molar-refractivity contribution in [1.82, 2.24) is 0 Å². The first-order valence-electron chi connectivity index (χ1n) is 11.8. The van der Waals surface area contributed by atoms with E-state index in [0.29, 0.717) is 17.8 Å². The van der Waals surface area contributed by atoms with E-state index in [4.69, 9.17) is 0 Å². The molecule has 2 nitrogen and oxygen atoms in total. The summed E-state index contributed by atoms with van der Waals surface area (Å²) in [5.74, 6) is 2.04. The number of hydrogen-bond acceptors (Lipinski definition) is 2. The molecule has 0 aliphatic heterocycles. The molecule has 0 spiro atoms. The predicted octanol–water partition coefficient (Wildman–Crippen LogP) is 6.19. The normalized spacial score (nSPS) is 50.6. The number of aliphatic hydroxyl groups is 2. The molecular weight excluding hydrogens is 332 g/mol. The van der Waals surface area contributed by atoms with Crippen molar-refractivity contribution in [3.8, 4) is 0 Å². The third-order valence-electron chi connectivity index (χ3n) is 9.85. The zero-order chi connectivity index (χ0) is 20.3. The summed E-state index contributed by atoms with van der Waals surface area (Å²) in [6.45, 7) is 16.4. The lowest BCUT2D eigenvalue weighted by molar-refractivity contribution is -0.243. The quantitative estimate of drug-likeness (QED) is 0.612. The lowest BCUT2D eigenvalue weighted by Crippen LogP contribution is -2.66. The van der Waals surface area contributed by atoms with Gasteiger partial charge in [-0.2, -0.15) is 0 Å². The lowest BCUT2D eigenvalue weighted by Gasteiger charge is -2.68. The van der Waals surface area contributed by atoms with Crippen molar-refractivity contribution in [1.29, 1.82) is 0 Å². The van der Waals surface area contributed by atoms with Gasteiger partial charge in [-0.25, -0.2) is 0 Å². The Morgan fingerprint density at radius 1 is 1.00 bits per heavy atom. The van der Waals surface area contributed by atoms with E-state index in [1.165, 1.54) is 32.1 Å². The highest BCUT2D eigenvalue weighted by Gasteiger charge is 2.66. The van der Waals surface area contributed by atoms with Crippen molar-refractivity contribution in [3.63, 3.8) is 0 Å². The summed E-state index contributed by atoms with van der Waals surface area (Å²) in [7, 11) is 0. The van der Waals surface area contributed by atoms with Crippen LogP contribution in [0.5, 0.6) is 0 Å². The van der Waals surface area contributed by atoms with Crippen molar-refractivity contribution in [3.05, 3.63) is 0 Å². The van der Waals surface area contributed by atoms with Crippen LogP contribution in [-0.4, -0.2) is 21.9 Å². The van der Waals surface area contributed by atoms with Gasteiger partial charge in [0, 0.05) is 0 Å². The molecule has 0 aromatic heterocycles. The fourth-order valence-corrected chi connectivity index (χ4v) is 8.61. The van der Waals surface area contributed by atoms with Gasteiger partial charge in [0.05, 0.1) is 11.7 Å². The Labute approximate surface area is 168 Å². The molecule has 3 rings (SSSR count). The Hall–Kier alpha value is -0.0800. The SMILES string of the molecule is CCC(C)CC[C@H]1[C@]2(C)C[C@H](O)[C@H]3C(C)(C)CCC[C@]3(C)[C@H]2CC[C@]1(C)O. The van der Waals surface area contributed by atoms with Gasteiger partial charge in [-0.15, -0.1) is 0 Å². The summed E-state index contributed by atoms with van der Waals surface area (Å²) in [5, 5.41) is 22.9. The molecule has 0 aromatic rings. The van der Waals surface area contributed by atoms with Gasteiger partial charge in [-0.1, -0.05) is 60.8 Å². The van der Waals surface area contributed by atoms with Crippen LogP contribution in [0.15, 0.2) is 0 Å². The second-order valence-corrected chi connectivity index (χ2v) is 12.2. The van der Waals surface area contributed by atoms with Crippen LogP contribution < -0.4 is 0 Å². The highest BCUT2D eigenvalue weighted by atomic mass is 16.3. The molecule has 3 fully saturated rings. The van der Waals surface area contributed by atoms with Crippen LogP contribution in [0.2, 0.25) is 0 Å². The molecule has 0 amide bonds. The molecule has 2 heteroatoms. The maximum Gasteiger partial charge on any atom is 0.0653 e. The number of fused-ring (bicyclic) bond motifs is 3.